The first kappa shape index (κ1) is 22.9. The highest BCUT2D eigenvalue weighted by Gasteiger charge is 2.25. The normalized spacial score (nSPS) is 14.3. The number of carboxylic acids is 2. The number of nitrogens with one attached hydrogen (secondary N) is 2. The minimum absolute atomic E-state index is 0.0266. The highest BCUT2D eigenvalue weighted by Crippen LogP contribution is 2.03. The van der Waals surface area contributed by atoms with Crippen molar-refractivity contribution >= 4 is 59.0 Å². The number of hydrogen-bond acceptors (Lipinski definition) is 6. The van der Waals surface area contributed by atoms with Gasteiger partial charge in [-0.1, -0.05) is 22.6 Å². The molecule has 11 heteroatoms. The number of aliphatic carboxylic acids is 2. The van der Waals surface area contributed by atoms with E-state index in [1.54, 1.807) is 0 Å². The van der Waals surface area contributed by atoms with Gasteiger partial charge in [-0.3, -0.25) is 14.4 Å². The molecule has 9 nitrogen and oxygen atoms in total. The van der Waals surface area contributed by atoms with Gasteiger partial charge in [0.15, 0.2) is 0 Å². The predicted molar refractivity (Wildman–Crippen MR) is 98.3 cm³/mol. The Morgan fingerprint density at radius 3 is 2.12 bits per heavy atom. The van der Waals surface area contributed by atoms with E-state index in [0.717, 1.165) is 4.43 Å². The third kappa shape index (κ3) is 9.27. The summed E-state index contributed by atoms with van der Waals surface area (Å²) < 4.78 is 0.758. The lowest BCUT2D eigenvalue weighted by Gasteiger charge is -2.20. The Hall–Kier alpha value is -1.08. The fourth-order valence-corrected chi connectivity index (χ4v) is 2.38. The third-order valence-corrected chi connectivity index (χ3v) is 4.20. The molecule has 0 aromatic carbocycles. The van der Waals surface area contributed by atoms with Crippen molar-refractivity contribution < 1.29 is 29.4 Å². The van der Waals surface area contributed by atoms with Gasteiger partial charge in [0.2, 0.25) is 11.8 Å². The molecule has 3 unspecified atom stereocenters. The maximum atomic E-state index is 12.1. The van der Waals surface area contributed by atoms with Crippen molar-refractivity contribution in [2.24, 2.45) is 5.73 Å². The second-order valence-corrected chi connectivity index (χ2v) is 6.46. The zero-order valence-electron chi connectivity index (χ0n) is 12.9. The lowest BCUT2D eigenvalue weighted by atomic mass is 10.1. The van der Waals surface area contributed by atoms with Crippen LogP contribution in [0.4, 0.5) is 0 Å². The van der Waals surface area contributed by atoms with Gasteiger partial charge < -0.3 is 26.6 Å². The maximum Gasteiger partial charge on any atom is 0.326 e. The van der Waals surface area contributed by atoms with Crippen molar-refractivity contribution in [3.05, 3.63) is 0 Å². The molecule has 0 rings (SSSR count). The molecule has 0 saturated carbocycles. The van der Waals surface area contributed by atoms with Crippen molar-refractivity contribution in [2.75, 3.05) is 10.2 Å². The Labute approximate surface area is 158 Å². The van der Waals surface area contributed by atoms with Crippen molar-refractivity contribution in [1.82, 2.24) is 10.6 Å². The molecule has 0 fully saturated rings. The minimum atomic E-state index is -1.22. The summed E-state index contributed by atoms with van der Waals surface area (Å²) in [5, 5.41) is 22.5. The van der Waals surface area contributed by atoms with Crippen LogP contribution in [0.25, 0.3) is 0 Å². The summed E-state index contributed by atoms with van der Waals surface area (Å²) in [6.07, 6.45) is 0.672. The summed E-state index contributed by atoms with van der Waals surface area (Å²) >= 11 is 6.08. The molecule has 0 aliphatic rings. The van der Waals surface area contributed by atoms with Crippen molar-refractivity contribution in [2.45, 2.75) is 43.8 Å². The van der Waals surface area contributed by atoms with Gasteiger partial charge >= 0.3 is 11.9 Å². The van der Waals surface area contributed by atoms with Gasteiger partial charge in [-0.05, 0) is 23.7 Å². The number of rotatable bonds is 12. The number of alkyl halides is 1. The zero-order chi connectivity index (χ0) is 18.7. The fourth-order valence-electron chi connectivity index (χ4n) is 1.68. The predicted octanol–water partition coefficient (Wildman–Crippen LogP) is -0.622. The minimum Gasteiger partial charge on any atom is -0.480 e. The highest BCUT2D eigenvalue weighted by atomic mass is 127. The largest absolute Gasteiger partial charge is 0.480 e. The molecular formula is C13H22IN3O6S. The molecule has 6 N–H and O–H groups in total. The zero-order valence-corrected chi connectivity index (χ0v) is 16.0. The summed E-state index contributed by atoms with van der Waals surface area (Å²) in [5.74, 6) is -3.60. The summed E-state index contributed by atoms with van der Waals surface area (Å²) in [6.45, 7) is 0. The maximum absolute atomic E-state index is 12.1. The van der Waals surface area contributed by atoms with E-state index in [4.69, 9.17) is 15.9 Å². The van der Waals surface area contributed by atoms with E-state index in [1.165, 1.54) is 0 Å². The molecule has 0 bridgehead atoms. The fraction of sp³-hybridized carbons (Fsp3) is 0.692. The Morgan fingerprint density at radius 2 is 1.67 bits per heavy atom. The van der Waals surface area contributed by atoms with Crippen LogP contribution in [0.2, 0.25) is 0 Å². The van der Waals surface area contributed by atoms with Crippen LogP contribution in [0, 0.1) is 0 Å². The summed E-state index contributed by atoms with van der Waals surface area (Å²) in [7, 11) is 0. The van der Waals surface area contributed by atoms with Crippen LogP contribution < -0.4 is 16.4 Å². The molecule has 0 aliphatic heterocycles. The standard InChI is InChI=1S/C13H22IN3O6S/c14-5-1-2-8(13(22)23)17-11(19)9(6-24)16-10(18)4-3-7(15)12(20)21/h7-9,24H,1-6,15H2,(H,16,18)(H,17,19)(H,20,21)(H,22,23). The van der Waals surface area contributed by atoms with E-state index < -0.39 is 41.9 Å². The quantitative estimate of drug-likeness (QED) is 0.125. The number of amides is 2. The average Bonchev–Trinajstić information content (AvgIpc) is 2.53. The number of thiol groups is 1. The van der Waals surface area contributed by atoms with E-state index in [1.807, 2.05) is 0 Å². The van der Waals surface area contributed by atoms with E-state index in [-0.39, 0.29) is 25.0 Å². The van der Waals surface area contributed by atoms with E-state index in [9.17, 15) is 19.2 Å². The van der Waals surface area contributed by atoms with E-state index >= 15 is 0 Å². The van der Waals surface area contributed by atoms with Crippen LogP contribution in [0.5, 0.6) is 0 Å². The van der Waals surface area contributed by atoms with Crippen LogP contribution in [-0.4, -0.2) is 62.3 Å². The first-order valence-electron chi connectivity index (χ1n) is 7.20. The summed E-state index contributed by atoms with van der Waals surface area (Å²) in [4.78, 5) is 45.5. The number of halogens is 1. The molecule has 24 heavy (non-hydrogen) atoms. The Bertz CT molecular complexity index is 465. The SMILES string of the molecule is NC(CCC(=O)NC(CS)C(=O)NC(CCCI)C(=O)O)C(=O)O. The summed E-state index contributed by atoms with van der Waals surface area (Å²) in [5.41, 5.74) is 5.29. The van der Waals surface area contributed by atoms with Crippen LogP contribution in [0.1, 0.15) is 25.7 Å². The van der Waals surface area contributed by atoms with E-state index in [2.05, 4.69) is 45.9 Å². The molecule has 0 aromatic heterocycles. The van der Waals surface area contributed by atoms with Gasteiger partial charge in [0.1, 0.15) is 18.1 Å². The molecule has 0 saturated heterocycles. The van der Waals surface area contributed by atoms with Crippen LogP contribution >= 0.6 is 35.2 Å². The molecule has 0 spiro atoms. The van der Waals surface area contributed by atoms with Gasteiger partial charge in [0.05, 0.1) is 0 Å². The molecule has 0 radical (unpaired) electrons. The van der Waals surface area contributed by atoms with Crippen molar-refractivity contribution in [3.8, 4) is 0 Å². The lowest BCUT2D eigenvalue weighted by Crippen LogP contribution is -2.52. The van der Waals surface area contributed by atoms with Gasteiger partial charge in [-0.2, -0.15) is 12.6 Å². The van der Waals surface area contributed by atoms with Crippen molar-refractivity contribution in [1.29, 1.82) is 0 Å². The first-order valence-corrected chi connectivity index (χ1v) is 9.36. The third-order valence-electron chi connectivity index (χ3n) is 3.07. The van der Waals surface area contributed by atoms with Crippen LogP contribution in [0.15, 0.2) is 0 Å². The monoisotopic (exact) mass is 475 g/mol. The number of carboxylic acid groups (broad SMARTS) is 2. The van der Waals surface area contributed by atoms with Crippen LogP contribution in [0.3, 0.4) is 0 Å². The second kappa shape index (κ2) is 12.3. The number of carbonyl (C=O) groups excluding carboxylic acids is 2. The smallest absolute Gasteiger partial charge is 0.326 e. The lowest BCUT2D eigenvalue weighted by molar-refractivity contribution is -0.142. The van der Waals surface area contributed by atoms with Crippen molar-refractivity contribution in [3.63, 3.8) is 0 Å². The van der Waals surface area contributed by atoms with Gasteiger partial charge in [-0.25, -0.2) is 4.79 Å². The molecule has 0 aliphatic carbocycles. The van der Waals surface area contributed by atoms with Crippen LogP contribution in [-0.2, 0) is 19.2 Å². The topological polar surface area (TPSA) is 159 Å². The molecular weight excluding hydrogens is 453 g/mol. The molecule has 0 heterocycles. The molecule has 3 atom stereocenters. The first-order chi connectivity index (χ1) is 11.2. The second-order valence-electron chi connectivity index (χ2n) is 5.02. The molecule has 0 aromatic rings. The van der Waals surface area contributed by atoms with E-state index in [0.29, 0.717) is 6.42 Å². The number of nitrogens with two attached hydrogens (primary N) is 1. The Morgan fingerprint density at radius 1 is 1.04 bits per heavy atom. The molecule has 2 amide bonds. The number of carbonyl (C=O) groups is 4. The summed E-state index contributed by atoms with van der Waals surface area (Å²) in [6, 6.07) is -3.21. The Kier molecular flexibility index (Phi) is 11.8. The average molecular weight is 475 g/mol. The van der Waals surface area contributed by atoms with Gasteiger partial charge in [0, 0.05) is 12.2 Å². The van der Waals surface area contributed by atoms with Gasteiger partial charge in [0.25, 0.3) is 0 Å². The highest BCUT2D eigenvalue weighted by molar-refractivity contribution is 14.1. The Balaban J connectivity index is 4.54. The van der Waals surface area contributed by atoms with Gasteiger partial charge in [-0.15, -0.1) is 0 Å². The molecule has 138 valence electrons. The number of hydrogen-bond donors (Lipinski definition) is 6.